The van der Waals surface area contributed by atoms with E-state index in [1.165, 1.54) is 45.6 Å². The highest BCUT2D eigenvalue weighted by Crippen LogP contribution is 2.24. The van der Waals surface area contributed by atoms with Crippen molar-refractivity contribution in [3.8, 4) is 0 Å². The molecular weight excluding hydrogens is 278 g/mol. The SMILES string of the molecule is COC(=O)CCC1CC(NC2CCCCC2)CN(CCN)C1. The van der Waals surface area contributed by atoms with E-state index in [0.29, 0.717) is 31.0 Å². The van der Waals surface area contributed by atoms with E-state index in [-0.39, 0.29) is 5.97 Å². The number of hydrogen-bond donors (Lipinski definition) is 2. The number of nitrogens with zero attached hydrogens (tertiary/aromatic N) is 1. The Morgan fingerprint density at radius 2 is 2.00 bits per heavy atom. The fourth-order valence-corrected chi connectivity index (χ4v) is 4.02. The molecule has 1 saturated carbocycles. The van der Waals surface area contributed by atoms with Crippen LogP contribution < -0.4 is 11.1 Å². The van der Waals surface area contributed by atoms with E-state index in [4.69, 9.17) is 10.5 Å². The smallest absolute Gasteiger partial charge is 0.305 e. The quantitative estimate of drug-likeness (QED) is 0.698. The molecule has 2 unspecified atom stereocenters. The molecule has 0 spiro atoms. The summed E-state index contributed by atoms with van der Waals surface area (Å²) in [6.45, 7) is 3.83. The average Bonchev–Trinajstić information content (AvgIpc) is 2.53. The molecule has 2 rings (SSSR count). The molecule has 1 aliphatic heterocycles. The van der Waals surface area contributed by atoms with Gasteiger partial charge in [-0.05, 0) is 31.6 Å². The molecular formula is C17H33N3O2. The Hall–Kier alpha value is -0.650. The van der Waals surface area contributed by atoms with Crippen molar-refractivity contribution in [3.63, 3.8) is 0 Å². The first-order valence-corrected chi connectivity index (χ1v) is 8.96. The molecule has 1 saturated heterocycles. The number of carbonyl (C=O) groups is 1. The largest absolute Gasteiger partial charge is 0.469 e. The number of likely N-dealkylation sites (tertiary alicyclic amines) is 1. The molecule has 0 bridgehead atoms. The van der Waals surface area contributed by atoms with Gasteiger partial charge in [-0.3, -0.25) is 4.79 Å². The summed E-state index contributed by atoms with van der Waals surface area (Å²) in [5.41, 5.74) is 5.74. The van der Waals surface area contributed by atoms with E-state index in [1.807, 2.05) is 0 Å². The summed E-state index contributed by atoms with van der Waals surface area (Å²) >= 11 is 0. The summed E-state index contributed by atoms with van der Waals surface area (Å²) in [6.07, 6.45) is 9.40. The van der Waals surface area contributed by atoms with Crippen molar-refractivity contribution in [2.75, 3.05) is 33.3 Å². The highest BCUT2D eigenvalue weighted by molar-refractivity contribution is 5.69. The van der Waals surface area contributed by atoms with Crippen molar-refractivity contribution in [1.29, 1.82) is 0 Å². The molecule has 0 radical (unpaired) electrons. The molecule has 1 aliphatic carbocycles. The van der Waals surface area contributed by atoms with Crippen LogP contribution in [0, 0.1) is 5.92 Å². The van der Waals surface area contributed by atoms with Crippen molar-refractivity contribution in [1.82, 2.24) is 10.2 Å². The third-order valence-corrected chi connectivity index (χ3v) is 5.12. The van der Waals surface area contributed by atoms with Crippen LogP contribution in [0.5, 0.6) is 0 Å². The van der Waals surface area contributed by atoms with Gasteiger partial charge in [-0.25, -0.2) is 0 Å². The number of rotatable bonds is 7. The van der Waals surface area contributed by atoms with Crippen LogP contribution in [-0.4, -0.2) is 56.2 Å². The summed E-state index contributed by atoms with van der Waals surface area (Å²) in [7, 11) is 1.47. The van der Waals surface area contributed by atoms with Crippen LogP contribution in [0.3, 0.4) is 0 Å². The second-order valence-corrected chi connectivity index (χ2v) is 6.96. The minimum Gasteiger partial charge on any atom is -0.469 e. The number of methoxy groups -OCH3 is 1. The predicted molar refractivity (Wildman–Crippen MR) is 88.6 cm³/mol. The molecule has 0 aromatic rings. The molecule has 2 aliphatic rings. The second kappa shape index (κ2) is 9.48. The van der Waals surface area contributed by atoms with Crippen LogP contribution in [0.2, 0.25) is 0 Å². The number of nitrogens with two attached hydrogens (primary N) is 1. The highest BCUT2D eigenvalue weighted by Gasteiger charge is 2.29. The second-order valence-electron chi connectivity index (χ2n) is 6.96. The zero-order valence-electron chi connectivity index (χ0n) is 14.1. The van der Waals surface area contributed by atoms with Crippen molar-refractivity contribution >= 4 is 5.97 Å². The minimum absolute atomic E-state index is 0.0901. The van der Waals surface area contributed by atoms with E-state index in [0.717, 1.165) is 26.1 Å². The third kappa shape index (κ3) is 5.86. The molecule has 0 amide bonds. The monoisotopic (exact) mass is 311 g/mol. The standard InChI is InChI=1S/C17H33N3O2/c1-22-17(21)8-7-14-11-16(13-20(12-14)10-9-18)19-15-5-3-2-4-6-15/h14-16,19H,2-13,18H2,1H3. The maximum atomic E-state index is 11.4. The Morgan fingerprint density at radius 3 is 2.68 bits per heavy atom. The Kier molecular flexibility index (Phi) is 7.63. The lowest BCUT2D eigenvalue weighted by Gasteiger charge is -2.40. The summed E-state index contributed by atoms with van der Waals surface area (Å²) < 4.78 is 4.78. The maximum absolute atomic E-state index is 11.4. The van der Waals surface area contributed by atoms with Gasteiger partial charge < -0.3 is 20.7 Å². The van der Waals surface area contributed by atoms with E-state index in [2.05, 4.69) is 10.2 Å². The Bertz CT molecular complexity index is 332. The summed E-state index contributed by atoms with van der Waals surface area (Å²) in [5, 5.41) is 3.88. The topological polar surface area (TPSA) is 67.6 Å². The normalized spacial score (nSPS) is 27.7. The van der Waals surface area contributed by atoms with Gasteiger partial charge in [0.05, 0.1) is 7.11 Å². The van der Waals surface area contributed by atoms with Gasteiger partial charge in [0.1, 0.15) is 0 Å². The number of piperidine rings is 1. The molecule has 2 atom stereocenters. The third-order valence-electron chi connectivity index (χ3n) is 5.12. The lowest BCUT2D eigenvalue weighted by molar-refractivity contribution is -0.141. The van der Waals surface area contributed by atoms with Crippen LogP contribution in [-0.2, 0) is 9.53 Å². The summed E-state index contributed by atoms with van der Waals surface area (Å²) in [6, 6.07) is 1.24. The predicted octanol–water partition coefficient (Wildman–Crippen LogP) is 1.51. The number of esters is 1. The molecule has 1 heterocycles. The molecule has 5 heteroatoms. The van der Waals surface area contributed by atoms with Gasteiger partial charge in [0.25, 0.3) is 0 Å². The molecule has 0 aromatic heterocycles. The number of carbonyl (C=O) groups excluding carboxylic acids is 1. The van der Waals surface area contributed by atoms with Gasteiger partial charge in [-0.15, -0.1) is 0 Å². The van der Waals surface area contributed by atoms with E-state index >= 15 is 0 Å². The average molecular weight is 311 g/mol. The molecule has 0 aromatic carbocycles. The Balaban J connectivity index is 1.83. The first-order valence-electron chi connectivity index (χ1n) is 8.96. The van der Waals surface area contributed by atoms with Crippen LogP contribution in [0.4, 0.5) is 0 Å². The van der Waals surface area contributed by atoms with Crippen molar-refractivity contribution in [2.24, 2.45) is 11.7 Å². The highest BCUT2D eigenvalue weighted by atomic mass is 16.5. The van der Waals surface area contributed by atoms with E-state index < -0.39 is 0 Å². The molecule has 128 valence electrons. The van der Waals surface area contributed by atoms with Crippen LogP contribution in [0.1, 0.15) is 51.4 Å². The lowest BCUT2D eigenvalue weighted by atomic mass is 9.88. The fourth-order valence-electron chi connectivity index (χ4n) is 4.02. The first-order chi connectivity index (χ1) is 10.7. The minimum atomic E-state index is -0.0901. The number of hydrogen-bond acceptors (Lipinski definition) is 5. The van der Waals surface area contributed by atoms with Gasteiger partial charge in [0, 0.05) is 44.7 Å². The van der Waals surface area contributed by atoms with E-state index in [1.54, 1.807) is 0 Å². The van der Waals surface area contributed by atoms with Gasteiger partial charge >= 0.3 is 5.97 Å². The maximum Gasteiger partial charge on any atom is 0.305 e. The van der Waals surface area contributed by atoms with Crippen LogP contribution in [0.25, 0.3) is 0 Å². The Labute approximate surface area is 134 Å². The van der Waals surface area contributed by atoms with Gasteiger partial charge in [-0.1, -0.05) is 19.3 Å². The van der Waals surface area contributed by atoms with Gasteiger partial charge in [0.15, 0.2) is 0 Å². The van der Waals surface area contributed by atoms with Crippen LogP contribution >= 0.6 is 0 Å². The number of nitrogens with one attached hydrogen (secondary N) is 1. The zero-order valence-corrected chi connectivity index (χ0v) is 14.1. The van der Waals surface area contributed by atoms with Gasteiger partial charge in [0.2, 0.25) is 0 Å². The summed E-state index contributed by atoms with van der Waals surface area (Å²) in [4.78, 5) is 13.9. The Morgan fingerprint density at radius 1 is 1.23 bits per heavy atom. The van der Waals surface area contributed by atoms with Crippen molar-refractivity contribution < 1.29 is 9.53 Å². The first kappa shape index (κ1) is 17.7. The molecule has 3 N–H and O–H groups in total. The summed E-state index contributed by atoms with van der Waals surface area (Å²) in [5.74, 6) is 0.480. The molecule has 2 fully saturated rings. The van der Waals surface area contributed by atoms with E-state index in [9.17, 15) is 4.79 Å². The number of ether oxygens (including phenoxy) is 1. The fraction of sp³-hybridized carbons (Fsp3) is 0.941. The van der Waals surface area contributed by atoms with Crippen molar-refractivity contribution in [2.45, 2.75) is 63.5 Å². The van der Waals surface area contributed by atoms with Crippen molar-refractivity contribution in [3.05, 3.63) is 0 Å². The lowest BCUT2D eigenvalue weighted by Crippen LogP contribution is -2.53. The molecule has 22 heavy (non-hydrogen) atoms. The molecule has 5 nitrogen and oxygen atoms in total. The zero-order chi connectivity index (χ0) is 15.8. The van der Waals surface area contributed by atoms with Crippen LogP contribution in [0.15, 0.2) is 0 Å². The van der Waals surface area contributed by atoms with Gasteiger partial charge in [-0.2, -0.15) is 0 Å².